The summed E-state index contributed by atoms with van der Waals surface area (Å²) in [5.41, 5.74) is 0.636. The number of sulfonamides is 1. The van der Waals surface area contributed by atoms with Crippen LogP contribution in [-0.2, 0) is 27.4 Å². The van der Waals surface area contributed by atoms with E-state index in [1.165, 1.54) is 34.6 Å². The smallest absolute Gasteiger partial charge is 0.416 e. The summed E-state index contributed by atoms with van der Waals surface area (Å²) in [4.78, 5) is 12.1. The van der Waals surface area contributed by atoms with Gasteiger partial charge in [0.1, 0.15) is 5.75 Å². The summed E-state index contributed by atoms with van der Waals surface area (Å²) in [5, 5.41) is 2.30. The number of nitrogens with one attached hydrogen (secondary N) is 1. The zero-order valence-corrected chi connectivity index (χ0v) is 19.8. The maximum atomic E-state index is 13.3. The van der Waals surface area contributed by atoms with Crippen LogP contribution in [-0.4, -0.2) is 27.5 Å². The van der Waals surface area contributed by atoms with Crippen LogP contribution in [0.3, 0.4) is 0 Å². The number of halogens is 4. The molecule has 0 radical (unpaired) electrons. The van der Waals surface area contributed by atoms with Crippen LogP contribution < -0.4 is 14.4 Å². The van der Waals surface area contributed by atoms with Gasteiger partial charge in [-0.2, -0.15) is 13.2 Å². The number of aryl methyl sites for hydroxylation is 1. The number of anilines is 2. The van der Waals surface area contributed by atoms with E-state index in [1.54, 1.807) is 12.1 Å². The van der Waals surface area contributed by atoms with Crippen molar-refractivity contribution in [1.29, 1.82) is 0 Å². The summed E-state index contributed by atoms with van der Waals surface area (Å²) >= 11 is 6.22. The fraction of sp³-hybridized carbons (Fsp3) is 0.208. The number of amides is 1. The van der Waals surface area contributed by atoms with Crippen LogP contribution in [0.25, 0.3) is 0 Å². The van der Waals surface area contributed by atoms with Crippen molar-refractivity contribution in [2.24, 2.45) is 0 Å². The average Bonchev–Trinajstić information content (AvgIpc) is 2.82. The van der Waals surface area contributed by atoms with E-state index >= 15 is 0 Å². The maximum absolute atomic E-state index is 13.3. The Morgan fingerprint density at radius 2 is 1.83 bits per heavy atom. The highest BCUT2D eigenvalue weighted by Crippen LogP contribution is 2.34. The third kappa shape index (κ3) is 5.54. The fourth-order valence-electron chi connectivity index (χ4n) is 3.75. The van der Waals surface area contributed by atoms with Gasteiger partial charge < -0.3 is 10.1 Å². The number of fused-ring (bicyclic) bond motifs is 1. The molecule has 0 spiro atoms. The molecule has 184 valence electrons. The standard InChI is InChI=1S/C24H20ClF3N2O4S/c25-20-14-19(35(32,33)30-12-4-6-16-5-1-2-9-21(16)30)10-11-22(20)34-15-23(31)29-18-8-3-7-17(13-18)24(26,27)28/h1-3,5,7-11,13-14H,4,6,12,15H2,(H,29,31). The van der Waals surface area contributed by atoms with E-state index in [0.717, 1.165) is 24.1 Å². The summed E-state index contributed by atoms with van der Waals surface area (Å²) in [6.07, 6.45) is -3.06. The van der Waals surface area contributed by atoms with E-state index in [0.29, 0.717) is 18.7 Å². The van der Waals surface area contributed by atoms with Crippen LogP contribution in [0.4, 0.5) is 24.5 Å². The van der Waals surface area contributed by atoms with Gasteiger partial charge in [-0.25, -0.2) is 8.42 Å². The average molecular weight is 525 g/mol. The number of hydrogen-bond acceptors (Lipinski definition) is 4. The number of carbonyl (C=O) groups is 1. The summed E-state index contributed by atoms with van der Waals surface area (Å²) in [7, 11) is -3.88. The lowest BCUT2D eigenvalue weighted by molar-refractivity contribution is -0.137. The Balaban J connectivity index is 1.44. The molecule has 0 atom stereocenters. The predicted octanol–water partition coefficient (Wildman–Crippen LogP) is 5.52. The highest BCUT2D eigenvalue weighted by molar-refractivity contribution is 7.92. The van der Waals surface area contributed by atoms with E-state index in [9.17, 15) is 26.4 Å². The quantitative estimate of drug-likeness (QED) is 0.461. The summed E-state index contributed by atoms with van der Waals surface area (Å²) < 4.78 is 71.7. The van der Waals surface area contributed by atoms with Gasteiger partial charge in [0.2, 0.25) is 0 Å². The Kier molecular flexibility index (Phi) is 6.95. The molecule has 0 aromatic heterocycles. The van der Waals surface area contributed by atoms with Crippen molar-refractivity contribution in [3.05, 3.63) is 82.9 Å². The van der Waals surface area contributed by atoms with Crippen molar-refractivity contribution in [2.45, 2.75) is 23.9 Å². The van der Waals surface area contributed by atoms with Gasteiger partial charge in [0.25, 0.3) is 15.9 Å². The number of rotatable bonds is 6. The fourth-order valence-corrected chi connectivity index (χ4v) is 5.62. The molecule has 0 aliphatic carbocycles. The number of nitrogens with zero attached hydrogens (tertiary/aromatic N) is 1. The number of benzene rings is 3. The van der Waals surface area contributed by atoms with Gasteiger partial charge in [-0.05, 0) is 60.9 Å². The first kappa shape index (κ1) is 24.9. The van der Waals surface area contributed by atoms with Crippen molar-refractivity contribution < 1.29 is 31.1 Å². The molecular weight excluding hydrogens is 505 g/mol. The molecular formula is C24H20ClF3N2O4S. The molecule has 0 fully saturated rings. The number of carbonyl (C=O) groups excluding carboxylic acids is 1. The first-order valence-corrected chi connectivity index (χ1v) is 12.4. The molecule has 35 heavy (non-hydrogen) atoms. The molecule has 3 aromatic carbocycles. The molecule has 3 aromatic rings. The van der Waals surface area contributed by atoms with E-state index in [4.69, 9.17) is 16.3 Å². The Morgan fingerprint density at radius 1 is 1.06 bits per heavy atom. The Bertz CT molecular complexity index is 1360. The van der Waals surface area contributed by atoms with E-state index in [-0.39, 0.29) is 21.4 Å². The molecule has 0 saturated carbocycles. The van der Waals surface area contributed by atoms with Crippen molar-refractivity contribution in [1.82, 2.24) is 0 Å². The van der Waals surface area contributed by atoms with Crippen LogP contribution in [0.15, 0.2) is 71.6 Å². The Hall–Kier alpha value is -3.24. The SMILES string of the molecule is O=C(COc1ccc(S(=O)(=O)N2CCCc3ccccc32)cc1Cl)Nc1cccc(C(F)(F)F)c1. The minimum absolute atomic E-state index is 0.0248. The largest absolute Gasteiger partial charge is 0.482 e. The molecule has 1 N–H and O–H groups in total. The minimum atomic E-state index is -4.54. The van der Waals surface area contributed by atoms with Gasteiger partial charge in [-0.1, -0.05) is 35.9 Å². The highest BCUT2D eigenvalue weighted by atomic mass is 35.5. The first-order valence-electron chi connectivity index (χ1n) is 10.6. The van der Waals surface area contributed by atoms with Gasteiger partial charge in [-0.15, -0.1) is 0 Å². The van der Waals surface area contributed by atoms with Gasteiger partial charge in [0, 0.05) is 12.2 Å². The van der Waals surface area contributed by atoms with Crippen LogP contribution in [0.2, 0.25) is 5.02 Å². The second-order valence-corrected chi connectivity index (χ2v) is 10.1. The Labute approximate surface area is 205 Å². The predicted molar refractivity (Wildman–Crippen MR) is 126 cm³/mol. The van der Waals surface area contributed by atoms with Crippen molar-refractivity contribution in [3.63, 3.8) is 0 Å². The molecule has 6 nitrogen and oxygen atoms in total. The molecule has 1 heterocycles. The summed E-state index contributed by atoms with van der Waals surface area (Å²) in [5.74, 6) is -0.647. The van der Waals surface area contributed by atoms with Gasteiger partial charge in [0.05, 0.1) is 21.2 Å². The third-order valence-electron chi connectivity index (χ3n) is 5.39. The lowest BCUT2D eigenvalue weighted by Gasteiger charge is -2.30. The van der Waals surface area contributed by atoms with E-state index < -0.39 is 34.3 Å². The minimum Gasteiger partial charge on any atom is -0.482 e. The van der Waals surface area contributed by atoms with E-state index in [1.807, 2.05) is 12.1 Å². The second kappa shape index (κ2) is 9.79. The molecule has 0 unspecified atom stereocenters. The molecule has 0 bridgehead atoms. The van der Waals surface area contributed by atoms with E-state index in [2.05, 4.69) is 5.32 Å². The maximum Gasteiger partial charge on any atom is 0.416 e. The zero-order chi connectivity index (χ0) is 25.2. The van der Waals surface area contributed by atoms with Crippen molar-refractivity contribution in [2.75, 3.05) is 22.8 Å². The van der Waals surface area contributed by atoms with Crippen LogP contribution in [0.1, 0.15) is 17.5 Å². The second-order valence-electron chi connectivity index (χ2n) is 7.82. The normalized spacial score (nSPS) is 13.8. The summed E-state index contributed by atoms with van der Waals surface area (Å²) in [6, 6.07) is 15.4. The highest BCUT2D eigenvalue weighted by Gasteiger charge is 2.31. The van der Waals surface area contributed by atoms with Crippen LogP contribution in [0, 0.1) is 0 Å². The van der Waals surface area contributed by atoms with Gasteiger partial charge >= 0.3 is 6.18 Å². The monoisotopic (exact) mass is 524 g/mol. The van der Waals surface area contributed by atoms with Crippen molar-refractivity contribution in [3.8, 4) is 5.75 Å². The van der Waals surface area contributed by atoms with Gasteiger partial charge in [-0.3, -0.25) is 9.10 Å². The number of ether oxygens (including phenoxy) is 1. The number of alkyl halides is 3. The van der Waals surface area contributed by atoms with Gasteiger partial charge in [0.15, 0.2) is 6.61 Å². The lowest BCUT2D eigenvalue weighted by Crippen LogP contribution is -2.35. The third-order valence-corrected chi connectivity index (χ3v) is 7.50. The zero-order valence-electron chi connectivity index (χ0n) is 18.2. The number of hydrogen-bond donors (Lipinski definition) is 1. The molecule has 4 rings (SSSR count). The summed E-state index contributed by atoms with van der Waals surface area (Å²) in [6.45, 7) is -0.202. The van der Waals surface area contributed by atoms with Crippen LogP contribution >= 0.6 is 11.6 Å². The van der Waals surface area contributed by atoms with Crippen molar-refractivity contribution >= 4 is 38.9 Å². The molecule has 0 saturated heterocycles. The molecule has 1 amide bonds. The molecule has 1 aliphatic heterocycles. The molecule has 1 aliphatic rings. The lowest BCUT2D eigenvalue weighted by atomic mass is 10.0. The first-order chi connectivity index (χ1) is 16.6. The van der Waals surface area contributed by atoms with Crippen LogP contribution in [0.5, 0.6) is 5.75 Å². The number of para-hydroxylation sites is 1. The molecule has 11 heteroatoms. The topological polar surface area (TPSA) is 75.7 Å². The Morgan fingerprint density at radius 3 is 2.57 bits per heavy atom.